The van der Waals surface area contributed by atoms with Crippen molar-refractivity contribution >= 4 is 0 Å². The van der Waals surface area contributed by atoms with E-state index in [4.69, 9.17) is 5.11 Å². The van der Waals surface area contributed by atoms with E-state index in [1.165, 1.54) is 4.68 Å². The third-order valence-electron chi connectivity index (χ3n) is 2.77. The van der Waals surface area contributed by atoms with E-state index in [2.05, 4.69) is 10.3 Å². The first-order chi connectivity index (χ1) is 7.58. The smallest absolute Gasteiger partial charge is 0.108 e. The molecule has 3 atom stereocenters. The Kier molecular flexibility index (Phi) is 4.85. The van der Waals surface area contributed by atoms with Crippen LogP contribution in [-0.4, -0.2) is 43.0 Å². The topological polar surface area (TPSA) is 91.4 Å². The van der Waals surface area contributed by atoms with Crippen molar-refractivity contribution in [1.82, 2.24) is 15.0 Å². The lowest BCUT2D eigenvalue weighted by molar-refractivity contribution is 0.104. The van der Waals surface area contributed by atoms with Gasteiger partial charge in [-0.1, -0.05) is 12.1 Å². The lowest BCUT2D eigenvalue weighted by Crippen LogP contribution is -2.22. The molecule has 0 aliphatic rings. The van der Waals surface area contributed by atoms with Crippen molar-refractivity contribution in [1.29, 1.82) is 0 Å². The van der Waals surface area contributed by atoms with Crippen LogP contribution in [0.5, 0.6) is 0 Å². The fourth-order valence-electron chi connectivity index (χ4n) is 1.46. The molecular weight excluding hydrogens is 210 g/mol. The molecule has 92 valence electrons. The molecule has 0 bridgehead atoms. The minimum atomic E-state index is -0.421. The van der Waals surface area contributed by atoms with Crippen LogP contribution in [0.3, 0.4) is 0 Å². The van der Waals surface area contributed by atoms with Crippen LogP contribution in [0, 0.1) is 5.92 Å². The maximum absolute atomic E-state index is 9.40. The Morgan fingerprint density at radius 3 is 2.50 bits per heavy atom. The Labute approximate surface area is 94.5 Å². The molecule has 3 N–H and O–H groups in total. The van der Waals surface area contributed by atoms with Gasteiger partial charge in [-0.25, -0.2) is 4.68 Å². The zero-order valence-electron chi connectivity index (χ0n) is 9.61. The van der Waals surface area contributed by atoms with Gasteiger partial charge in [0.2, 0.25) is 0 Å². The van der Waals surface area contributed by atoms with Gasteiger partial charge in [-0.05, 0) is 19.3 Å². The molecule has 16 heavy (non-hydrogen) atoms. The summed E-state index contributed by atoms with van der Waals surface area (Å²) >= 11 is 0. The molecule has 0 saturated carbocycles. The molecule has 0 amide bonds. The van der Waals surface area contributed by atoms with Gasteiger partial charge in [0, 0.05) is 0 Å². The van der Waals surface area contributed by atoms with E-state index in [0.29, 0.717) is 12.1 Å². The maximum atomic E-state index is 9.40. The minimum Gasteiger partial charge on any atom is -0.394 e. The monoisotopic (exact) mass is 229 g/mol. The highest BCUT2D eigenvalue weighted by Crippen LogP contribution is 2.19. The number of aliphatic hydroxyl groups excluding tert-OH is 3. The number of rotatable bonds is 6. The van der Waals surface area contributed by atoms with Gasteiger partial charge >= 0.3 is 0 Å². The van der Waals surface area contributed by atoms with Gasteiger partial charge in [-0.2, -0.15) is 0 Å². The molecular formula is C10H19N3O3. The van der Waals surface area contributed by atoms with E-state index in [-0.39, 0.29) is 25.2 Å². The van der Waals surface area contributed by atoms with Crippen LogP contribution in [0.1, 0.15) is 32.0 Å². The highest BCUT2D eigenvalue weighted by molar-refractivity contribution is 4.91. The molecule has 0 aliphatic heterocycles. The van der Waals surface area contributed by atoms with Gasteiger partial charge in [0.05, 0.1) is 31.6 Å². The van der Waals surface area contributed by atoms with E-state index < -0.39 is 6.10 Å². The molecule has 0 fully saturated rings. The number of aliphatic hydroxyl groups is 3. The summed E-state index contributed by atoms with van der Waals surface area (Å²) in [7, 11) is 0. The molecule has 0 aliphatic carbocycles. The first-order valence-electron chi connectivity index (χ1n) is 5.39. The number of hydrogen-bond donors (Lipinski definition) is 3. The average Bonchev–Trinajstić information content (AvgIpc) is 2.73. The van der Waals surface area contributed by atoms with Crippen LogP contribution >= 0.6 is 0 Å². The molecule has 0 radical (unpaired) electrons. The quantitative estimate of drug-likeness (QED) is 0.623. The molecule has 0 spiro atoms. The second-order valence-electron chi connectivity index (χ2n) is 4.14. The summed E-state index contributed by atoms with van der Waals surface area (Å²) in [5.74, 6) is 0.0685. The maximum Gasteiger partial charge on any atom is 0.108 e. The van der Waals surface area contributed by atoms with Gasteiger partial charge in [0.25, 0.3) is 0 Å². The predicted octanol–water partition coefficient (Wildman–Crippen LogP) is -0.289. The standard InChI is InChI=1S/C10H19N3O3/c1-7(8(2)16)3-10(6-15)13-4-9(5-14)11-12-13/h4,7-8,10,14-16H,3,5-6H2,1-2H3. The van der Waals surface area contributed by atoms with Crippen LogP contribution in [-0.2, 0) is 6.61 Å². The summed E-state index contributed by atoms with van der Waals surface area (Å²) in [6, 6.07) is -0.211. The van der Waals surface area contributed by atoms with E-state index in [0.717, 1.165) is 0 Å². The Balaban J connectivity index is 2.66. The van der Waals surface area contributed by atoms with Crippen molar-refractivity contribution in [3.05, 3.63) is 11.9 Å². The molecule has 1 heterocycles. The van der Waals surface area contributed by atoms with Crippen LogP contribution < -0.4 is 0 Å². The van der Waals surface area contributed by atoms with Crippen molar-refractivity contribution in [2.45, 2.75) is 39.0 Å². The number of nitrogens with zero attached hydrogens (tertiary/aromatic N) is 3. The summed E-state index contributed by atoms with van der Waals surface area (Å²) in [4.78, 5) is 0. The summed E-state index contributed by atoms with van der Waals surface area (Å²) in [5, 5.41) is 35.1. The highest BCUT2D eigenvalue weighted by atomic mass is 16.3. The lowest BCUT2D eigenvalue weighted by atomic mass is 9.97. The molecule has 1 aromatic heterocycles. The van der Waals surface area contributed by atoms with Crippen LogP contribution in [0.15, 0.2) is 6.20 Å². The fraction of sp³-hybridized carbons (Fsp3) is 0.800. The Morgan fingerprint density at radius 2 is 2.06 bits per heavy atom. The van der Waals surface area contributed by atoms with E-state index >= 15 is 0 Å². The van der Waals surface area contributed by atoms with Gasteiger partial charge in [-0.3, -0.25) is 0 Å². The van der Waals surface area contributed by atoms with Crippen molar-refractivity contribution in [3.8, 4) is 0 Å². The SMILES string of the molecule is CC(O)C(C)CC(CO)n1cc(CO)nn1. The largest absolute Gasteiger partial charge is 0.394 e. The normalized spacial score (nSPS) is 17.1. The van der Waals surface area contributed by atoms with Crippen molar-refractivity contribution in [2.75, 3.05) is 6.61 Å². The van der Waals surface area contributed by atoms with Crippen LogP contribution in [0.4, 0.5) is 0 Å². The third-order valence-corrected chi connectivity index (χ3v) is 2.77. The molecule has 6 heteroatoms. The van der Waals surface area contributed by atoms with E-state index in [9.17, 15) is 10.2 Å². The molecule has 3 unspecified atom stereocenters. The molecule has 1 rings (SSSR count). The molecule has 1 aromatic rings. The van der Waals surface area contributed by atoms with Gasteiger partial charge < -0.3 is 15.3 Å². The predicted molar refractivity (Wildman–Crippen MR) is 57.5 cm³/mol. The second kappa shape index (κ2) is 5.93. The summed E-state index contributed by atoms with van der Waals surface area (Å²) in [5.41, 5.74) is 0.475. The van der Waals surface area contributed by atoms with E-state index in [1.807, 2.05) is 6.92 Å². The van der Waals surface area contributed by atoms with E-state index in [1.54, 1.807) is 13.1 Å². The zero-order valence-corrected chi connectivity index (χ0v) is 9.61. The molecule has 0 saturated heterocycles. The summed E-state index contributed by atoms with van der Waals surface area (Å²) in [6.07, 6.45) is 1.80. The fourth-order valence-corrected chi connectivity index (χ4v) is 1.46. The first-order valence-corrected chi connectivity index (χ1v) is 5.39. The lowest BCUT2D eigenvalue weighted by Gasteiger charge is -2.20. The van der Waals surface area contributed by atoms with Crippen molar-refractivity contribution in [2.24, 2.45) is 5.92 Å². The van der Waals surface area contributed by atoms with Crippen LogP contribution in [0.25, 0.3) is 0 Å². The van der Waals surface area contributed by atoms with Gasteiger partial charge in [0.1, 0.15) is 5.69 Å². The number of aromatic nitrogens is 3. The van der Waals surface area contributed by atoms with Crippen molar-refractivity contribution < 1.29 is 15.3 Å². The first kappa shape index (κ1) is 13.1. The minimum absolute atomic E-state index is 0.0642. The Hall–Kier alpha value is -0.980. The molecule has 6 nitrogen and oxygen atoms in total. The average molecular weight is 229 g/mol. The van der Waals surface area contributed by atoms with Crippen LogP contribution in [0.2, 0.25) is 0 Å². The third kappa shape index (κ3) is 3.26. The zero-order chi connectivity index (χ0) is 12.1. The summed E-state index contributed by atoms with van der Waals surface area (Å²) in [6.45, 7) is 3.41. The summed E-state index contributed by atoms with van der Waals surface area (Å²) < 4.78 is 1.53. The van der Waals surface area contributed by atoms with Gasteiger partial charge in [0.15, 0.2) is 0 Å². The van der Waals surface area contributed by atoms with Gasteiger partial charge in [-0.15, -0.1) is 5.10 Å². The Morgan fingerprint density at radius 1 is 1.38 bits per heavy atom. The second-order valence-corrected chi connectivity index (χ2v) is 4.14. The number of hydrogen-bond acceptors (Lipinski definition) is 5. The van der Waals surface area contributed by atoms with Crippen molar-refractivity contribution in [3.63, 3.8) is 0 Å². The highest BCUT2D eigenvalue weighted by Gasteiger charge is 2.18. The molecule has 0 aromatic carbocycles. The Bertz CT molecular complexity index is 314.